The Kier molecular flexibility index (Phi) is 34.3. The van der Waals surface area contributed by atoms with E-state index < -0.39 is 44.0 Å². The number of sulfonamides is 2. The molecule has 10 N–H and O–H groups in total. The van der Waals surface area contributed by atoms with Gasteiger partial charge in [0.1, 0.15) is 61.1 Å². The first-order chi connectivity index (χ1) is 64.7. The molecule has 2 fully saturated rings. The van der Waals surface area contributed by atoms with Gasteiger partial charge in [-0.15, -0.1) is 17.0 Å². The number of para-hydroxylation sites is 1. The fourth-order valence-electron chi connectivity index (χ4n) is 14.4. The predicted molar refractivity (Wildman–Crippen MR) is 509 cm³/mol. The maximum atomic E-state index is 14.1. The SMILES string of the molecule is COC(=O)Nc1c(N)nc(-c2nn(Cc3ccccc3F)c3ncccc23)nc1N.Nc1nc(-c2nn(Cc3ccccc3F)c3ncccc23)ncc1C1CC1.O=C(Nc1ccc(S(=O)(=O)N2CCOCC2)cc1)c1cc(Cl)ccc1[N-]S(=O)(=O)c1ccc(Cl)s1.O=C(O)CCCCN(CCc1ccccc1OCc1ccc(CCc2ccccc2)cc1)Cc1ccc(C(=O)O)cc1.[Na+]. The van der Waals surface area contributed by atoms with Crippen molar-refractivity contribution in [3.05, 3.63) is 330 Å². The Hall–Kier alpha value is -13.2. The molecule has 0 unspecified atom stereocenters. The van der Waals surface area contributed by atoms with E-state index in [0.29, 0.717) is 95.2 Å². The average molecular weight is 1930 g/mol. The molecule has 0 spiro atoms. The number of nitrogens with two attached hydrogens (primary N) is 3. The summed E-state index contributed by atoms with van der Waals surface area (Å²) in [6.45, 7) is 4.30. The first-order valence-electron chi connectivity index (χ1n) is 42.3. The van der Waals surface area contributed by atoms with Gasteiger partial charge in [0.25, 0.3) is 5.91 Å². The molecule has 1 saturated heterocycles. The fourth-order valence-corrected chi connectivity index (χ4v) is 18.4. The number of rotatable bonds is 32. The van der Waals surface area contributed by atoms with Gasteiger partial charge >= 0.3 is 47.6 Å². The van der Waals surface area contributed by atoms with Gasteiger partial charge < -0.3 is 51.7 Å². The molecule has 31 nitrogen and oxygen atoms in total. The van der Waals surface area contributed by atoms with E-state index in [-0.39, 0.29) is 132 Å². The molecule has 39 heteroatoms. The minimum Gasteiger partial charge on any atom is -0.571 e. The van der Waals surface area contributed by atoms with E-state index in [2.05, 4.69) is 120 Å². The number of thiophene rings is 1. The summed E-state index contributed by atoms with van der Waals surface area (Å²) in [7, 11) is -6.59. The Morgan fingerprint density at radius 1 is 0.607 bits per heavy atom. The van der Waals surface area contributed by atoms with Crippen molar-refractivity contribution >= 4 is 135 Å². The third-order valence-electron chi connectivity index (χ3n) is 21.5. The number of carboxylic acids is 2. The number of ether oxygens (including phenoxy) is 3. The zero-order valence-corrected chi connectivity index (χ0v) is 79.1. The number of nitrogen functional groups attached to an aromatic ring is 3. The van der Waals surface area contributed by atoms with E-state index >= 15 is 0 Å². The Morgan fingerprint density at radius 3 is 1.76 bits per heavy atom. The number of morpholine rings is 1. The number of aromatic nitrogens is 10. The summed E-state index contributed by atoms with van der Waals surface area (Å²) in [4.78, 5) is 75.2. The van der Waals surface area contributed by atoms with Crippen LogP contribution in [0.4, 0.5) is 48.1 Å². The van der Waals surface area contributed by atoms with Gasteiger partial charge in [0.05, 0.1) is 59.0 Å². The number of aryl methyl sites for hydroxylation is 2. The van der Waals surface area contributed by atoms with Crippen molar-refractivity contribution in [1.82, 2.24) is 58.7 Å². The van der Waals surface area contributed by atoms with Crippen LogP contribution in [0.2, 0.25) is 9.36 Å². The second kappa shape index (κ2) is 46.6. The number of carboxylic acid groups (broad SMARTS) is 2. The quantitative estimate of drug-likeness (QED) is 0.0152. The van der Waals surface area contributed by atoms with E-state index in [0.717, 1.165) is 96.3 Å². The maximum absolute atomic E-state index is 14.1. The standard InChI is InChI=1S/C36H39NO5.C21H19Cl2N3O6S3.C20H17FN6.C19H17FN8O2.Na/c38-35(39)12-6-7-24-37(26-30-19-21-33(22-20-30)36(40)41)25-23-32-10-4-5-11-34(32)42-27-31-17-15-29(16-18-31)14-13-28-8-2-1-3-9-28;22-14-1-6-18(25-34(28,29)20-8-7-19(23)33-20)17(13-14)21(27)24-15-2-4-16(5-3-15)35(30,31)26-9-11-32-12-10-26;21-16-6-2-1-4-13(16)11-27-20-14(5-3-9-23-20)17(26-27)19-24-10-15(12-7-8-12)18(22)25-19;1-30-19(29)24-14-15(21)25-17(26-16(14)22)13-11-6-4-8-23-18(11)28(27-13)9-10-5-2-3-7-12(10)20;/h1-5,8-11,15-22H,6-7,12-14,23-27H2,(H,38,39)(H,40,41);1-8,13H,9-12H2,(H2,24,25,27);1-6,9-10,12H,7-8,11H2,(H2,22,24,25);2-8H,9H2,1H3,(H,24,29)(H4,21,22,25,26);/q;;;;+1/p-1. The Balaban J connectivity index is 0.000000154. The van der Waals surface area contributed by atoms with E-state index in [1.54, 1.807) is 88.6 Å². The average Bonchev–Trinajstić information content (AvgIpc) is 1.63. The number of hydrogen-bond donors (Lipinski definition) is 7. The molecule has 0 bridgehead atoms. The summed E-state index contributed by atoms with van der Waals surface area (Å²) in [5.74, 6) is -0.660. The fraction of sp³-hybridized carbons (Fsp3) is 0.208. The zero-order chi connectivity index (χ0) is 94.4. The summed E-state index contributed by atoms with van der Waals surface area (Å²) in [5, 5.41) is 34.0. The van der Waals surface area contributed by atoms with Crippen molar-refractivity contribution in [2.45, 2.75) is 92.6 Å². The molecule has 0 atom stereocenters. The van der Waals surface area contributed by atoms with Crippen molar-refractivity contribution in [1.29, 1.82) is 0 Å². The number of carbonyl (C=O) groups excluding carboxylic acids is 2. The smallest absolute Gasteiger partial charge is 0.571 e. The topological polar surface area (TPSA) is 440 Å². The summed E-state index contributed by atoms with van der Waals surface area (Å²) in [5.41, 5.74) is 28.6. The molecule has 8 aromatic carbocycles. The van der Waals surface area contributed by atoms with Crippen LogP contribution in [-0.4, -0.2) is 156 Å². The number of methoxy groups -OCH3 is 1. The molecule has 0 radical (unpaired) electrons. The first-order valence-corrected chi connectivity index (χ1v) is 46.8. The molecule has 1 aliphatic carbocycles. The van der Waals surface area contributed by atoms with Crippen LogP contribution in [0.1, 0.15) is 103 Å². The monoisotopic (exact) mass is 1930 g/mol. The van der Waals surface area contributed by atoms with Crippen molar-refractivity contribution in [3.63, 3.8) is 0 Å². The number of carbonyl (C=O) groups is 4. The molecular weight excluding hydrogens is 1840 g/mol. The number of unbranched alkanes of at least 4 members (excludes halogenated alkanes) is 1. The normalized spacial score (nSPS) is 12.5. The molecule has 2 aliphatic rings. The summed E-state index contributed by atoms with van der Waals surface area (Å²) < 4.78 is 104. The van der Waals surface area contributed by atoms with Crippen LogP contribution in [0, 0.1) is 11.6 Å². The van der Waals surface area contributed by atoms with E-state index in [9.17, 15) is 49.9 Å². The van der Waals surface area contributed by atoms with Crippen LogP contribution < -0.4 is 62.1 Å². The van der Waals surface area contributed by atoms with E-state index in [1.165, 1.54) is 89.3 Å². The number of pyridine rings is 2. The number of aromatic carboxylic acids is 1. The molecule has 1 saturated carbocycles. The molecular formula is C96H91Cl2F2N18NaO13S3. The molecule has 135 heavy (non-hydrogen) atoms. The number of nitrogens with zero attached hydrogens (tertiary/aromatic N) is 13. The van der Waals surface area contributed by atoms with Gasteiger partial charge in [0.2, 0.25) is 10.0 Å². The van der Waals surface area contributed by atoms with Crippen molar-refractivity contribution in [2.75, 3.05) is 74.3 Å². The molecule has 15 aromatic rings. The van der Waals surface area contributed by atoms with Crippen LogP contribution in [0.3, 0.4) is 0 Å². The summed E-state index contributed by atoms with van der Waals surface area (Å²) in [6, 6.07) is 67.0. The minimum atomic E-state index is -4.11. The van der Waals surface area contributed by atoms with Crippen LogP contribution in [0.5, 0.6) is 5.75 Å². The summed E-state index contributed by atoms with van der Waals surface area (Å²) in [6.07, 6.45) is 11.0. The Labute approximate surface area is 812 Å². The minimum absolute atomic E-state index is 0. The molecule has 2 amide bonds. The molecule has 8 heterocycles. The number of benzene rings is 8. The van der Waals surface area contributed by atoms with Gasteiger partial charge in [-0.1, -0.05) is 151 Å². The van der Waals surface area contributed by atoms with Gasteiger partial charge in [0, 0.05) is 84.2 Å². The largest absolute Gasteiger partial charge is 1.00 e. The van der Waals surface area contributed by atoms with Crippen molar-refractivity contribution < 1.29 is 98.8 Å². The Morgan fingerprint density at radius 2 is 1.18 bits per heavy atom. The number of amides is 2. The van der Waals surface area contributed by atoms with Crippen molar-refractivity contribution in [3.8, 4) is 28.8 Å². The molecule has 7 aromatic heterocycles. The third kappa shape index (κ3) is 26.7. The van der Waals surface area contributed by atoms with Gasteiger partial charge in [-0.05, 0) is 188 Å². The van der Waals surface area contributed by atoms with Gasteiger partial charge in [-0.3, -0.25) is 19.8 Å². The molecule has 1 aliphatic heterocycles. The number of hydrogen-bond acceptors (Lipinski definition) is 24. The van der Waals surface area contributed by atoms with Gasteiger partial charge in [-0.2, -0.15) is 14.5 Å². The molecule has 690 valence electrons. The van der Waals surface area contributed by atoms with E-state index in [1.807, 2.05) is 48.5 Å². The maximum Gasteiger partial charge on any atom is 1.00 e. The van der Waals surface area contributed by atoms with Crippen molar-refractivity contribution in [2.24, 2.45) is 0 Å². The number of fused-ring (bicyclic) bond motifs is 2. The number of nitrogens with one attached hydrogen (secondary N) is 2. The molecule has 17 rings (SSSR count). The number of anilines is 5. The van der Waals surface area contributed by atoms with Crippen LogP contribution in [0.15, 0.2) is 258 Å². The van der Waals surface area contributed by atoms with Gasteiger partial charge in [0.15, 0.2) is 34.6 Å². The first kappa shape index (κ1) is 99.2. The zero-order valence-electron chi connectivity index (χ0n) is 73.1. The second-order valence-corrected chi connectivity index (χ2v) is 36.8. The predicted octanol–water partition coefficient (Wildman–Crippen LogP) is 14.7. The number of halogens is 4. The van der Waals surface area contributed by atoms with Crippen LogP contribution in [0.25, 0.3) is 49.8 Å². The Bertz CT molecular complexity index is 6910. The van der Waals surface area contributed by atoms with E-state index in [4.69, 9.17) is 55.0 Å². The van der Waals surface area contributed by atoms with Gasteiger partial charge in [-0.25, -0.2) is 74.5 Å². The number of aliphatic carboxylic acids is 1. The van der Waals surface area contributed by atoms with Crippen LogP contribution in [-0.2, 0) is 79.8 Å². The third-order valence-corrected chi connectivity index (χ3v) is 26.7. The summed E-state index contributed by atoms with van der Waals surface area (Å²) >= 11 is 12.7. The van der Waals surface area contributed by atoms with Crippen LogP contribution >= 0.6 is 34.5 Å². The second-order valence-electron chi connectivity index (χ2n) is 30.9.